The van der Waals surface area contributed by atoms with Crippen LogP contribution in [-0.4, -0.2) is 16.3 Å². The van der Waals surface area contributed by atoms with Gasteiger partial charge < -0.3 is 5.11 Å². The number of aromatic nitrogens is 1. The van der Waals surface area contributed by atoms with Crippen LogP contribution in [0, 0.1) is 29.1 Å². The molecule has 27 heavy (non-hydrogen) atoms. The zero-order valence-electron chi connectivity index (χ0n) is 12.9. The van der Waals surface area contributed by atoms with Gasteiger partial charge in [0.05, 0.1) is 11.1 Å². The topological polar surface area (TPSA) is 33.1 Å². The van der Waals surface area contributed by atoms with E-state index in [-0.39, 0.29) is 10.9 Å². The maximum Gasteiger partial charge on any atom is 0.426 e. The van der Waals surface area contributed by atoms with E-state index in [9.17, 15) is 40.2 Å². The van der Waals surface area contributed by atoms with Crippen molar-refractivity contribution in [1.82, 2.24) is 4.98 Å². The Bertz CT molecular complexity index is 1020. The zero-order chi connectivity index (χ0) is 20.1. The maximum atomic E-state index is 14.0. The fourth-order valence-corrected chi connectivity index (χ4v) is 2.64. The summed E-state index contributed by atoms with van der Waals surface area (Å²) >= 11 is 0. The lowest BCUT2D eigenvalue weighted by atomic mass is 9.85. The van der Waals surface area contributed by atoms with Crippen LogP contribution in [0.5, 0.6) is 0 Å². The second-order valence-electron chi connectivity index (χ2n) is 5.57. The molecule has 2 nitrogen and oxygen atoms in total. The van der Waals surface area contributed by atoms with Crippen LogP contribution in [0.25, 0.3) is 10.9 Å². The number of rotatable bonds is 2. The SMILES string of the molecule is OC(c1cnc2ccccc2c1)(c1c(F)c(F)c(F)c(F)c1F)C(F)(F)F. The monoisotopic (exact) mass is 393 g/mol. The summed E-state index contributed by atoms with van der Waals surface area (Å²) < 4.78 is 109. The summed E-state index contributed by atoms with van der Waals surface area (Å²) in [4.78, 5) is 3.64. The zero-order valence-corrected chi connectivity index (χ0v) is 12.9. The van der Waals surface area contributed by atoms with Gasteiger partial charge >= 0.3 is 6.18 Å². The third-order valence-corrected chi connectivity index (χ3v) is 3.99. The first kappa shape index (κ1) is 19.0. The van der Waals surface area contributed by atoms with Gasteiger partial charge in [-0.25, -0.2) is 22.0 Å². The molecule has 0 fully saturated rings. The van der Waals surface area contributed by atoms with E-state index in [2.05, 4.69) is 4.98 Å². The molecule has 0 saturated carbocycles. The number of halogens is 8. The van der Waals surface area contributed by atoms with E-state index in [1.54, 1.807) is 0 Å². The van der Waals surface area contributed by atoms with Crippen molar-refractivity contribution < 1.29 is 40.2 Å². The smallest absolute Gasteiger partial charge is 0.372 e. The molecule has 3 rings (SSSR count). The number of alkyl halides is 3. The second kappa shape index (κ2) is 6.15. The minimum atomic E-state index is -5.84. The summed E-state index contributed by atoms with van der Waals surface area (Å²) in [6.07, 6.45) is -5.39. The molecule has 1 N–H and O–H groups in total. The summed E-state index contributed by atoms with van der Waals surface area (Å²) in [5.74, 6) is -13.4. The van der Waals surface area contributed by atoms with Gasteiger partial charge in [-0.05, 0) is 12.1 Å². The minimum Gasteiger partial charge on any atom is -0.372 e. The molecule has 3 aromatic rings. The van der Waals surface area contributed by atoms with E-state index in [4.69, 9.17) is 0 Å². The molecule has 0 amide bonds. The number of fused-ring (bicyclic) bond motifs is 1. The number of para-hydroxylation sites is 1. The Morgan fingerprint density at radius 1 is 0.778 bits per heavy atom. The number of pyridine rings is 1. The van der Waals surface area contributed by atoms with Gasteiger partial charge in [0.2, 0.25) is 11.4 Å². The first-order valence-corrected chi connectivity index (χ1v) is 7.16. The highest BCUT2D eigenvalue weighted by Gasteiger charge is 2.60. The van der Waals surface area contributed by atoms with Gasteiger partial charge in [0, 0.05) is 17.1 Å². The van der Waals surface area contributed by atoms with Crippen LogP contribution in [0.15, 0.2) is 36.5 Å². The Kier molecular flexibility index (Phi) is 4.34. The molecular weight excluding hydrogens is 386 g/mol. The first-order valence-electron chi connectivity index (χ1n) is 7.16. The van der Waals surface area contributed by atoms with Crippen molar-refractivity contribution in [3.8, 4) is 0 Å². The number of hydrogen-bond acceptors (Lipinski definition) is 2. The van der Waals surface area contributed by atoms with Crippen LogP contribution in [0.2, 0.25) is 0 Å². The standard InChI is InChI=1S/C17H7F8NO/c18-11-10(12(19)14(21)15(22)13(11)20)16(27,17(23,24)25)8-5-7-3-1-2-4-9(7)26-6-8/h1-6,27H. The van der Waals surface area contributed by atoms with Crippen molar-refractivity contribution in [2.75, 3.05) is 0 Å². The fourth-order valence-electron chi connectivity index (χ4n) is 2.64. The average molecular weight is 393 g/mol. The molecule has 0 radical (unpaired) electrons. The summed E-state index contributed by atoms with van der Waals surface area (Å²) in [7, 11) is 0. The van der Waals surface area contributed by atoms with Crippen LogP contribution in [0.3, 0.4) is 0 Å². The number of aliphatic hydroxyl groups is 1. The molecule has 142 valence electrons. The van der Waals surface area contributed by atoms with Crippen molar-refractivity contribution in [3.63, 3.8) is 0 Å². The van der Waals surface area contributed by atoms with Gasteiger partial charge in [0.1, 0.15) is 0 Å². The predicted octanol–water partition coefficient (Wildman–Crippen LogP) is 4.73. The Hall–Kier alpha value is -2.75. The van der Waals surface area contributed by atoms with Gasteiger partial charge in [0.15, 0.2) is 23.3 Å². The van der Waals surface area contributed by atoms with Gasteiger partial charge in [-0.15, -0.1) is 0 Å². The first-order chi connectivity index (χ1) is 12.5. The summed E-state index contributed by atoms with van der Waals surface area (Å²) in [6.45, 7) is 0. The van der Waals surface area contributed by atoms with Gasteiger partial charge in [-0.2, -0.15) is 13.2 Å². The van der Waals surface area contributed by atoms with Crippen LogP contribution < -0.4 is 0 Å². The number of nitrogens with zero attached hydrogens (tertiary/aromatic N) is 1. The summed E-state index contributed by atoms with van der Waals surface area (Å²) in [5, 5.41) is 10.3. The van der Waals surface area contributed by atoms with Gasteiger partial charge in [-0.3, -0.25) is 4.98 Å². The molecule has 10 heteroatoms. The van der Waals surface area contributed by atoms with Crippen LogP contribution in [0.4, 0.5) is 35.1 Å². The molecule has 1 heterocycles. The van der Waals surface area contributed by atoms with Crippen LogP contribution in [0.1, 0.15) is 11.1 Å². The third-order valence-electron chi connectivity index (χ3n) is 3.99. The van der Waals surface area contributed by atoms with E-state index < -0.39 is 52.0 Å². The van der Waals surface area contributed by atoms with Gasteiger partial charge in [0.25, 0.3) is 0 Å². The third kappa shape index (κ3) is 2.71. The van der Waals surface area contributed by atoms with E-state index in [0.29, 0.717) is 12.3 Å². The molecule has 1 unspecified atom stereocenters. The lowest BCUT2D eigenvalue weighted by molar-refractivity contribution is -0.250. The highest BCUT2D eigenvalue weighted by Crippen LogP contribution is 2.47. The lowest BCUT2D eigenvalue weighted by Crippen LogP contribution is -2.45. The molecule has 0 aliphatic carbocycles. The van der Waals surface area contributed by atoms with E-state index in [1.807, 2.05) is 0 Å². The minimum absolute atomic E-state index is 0.0431. The second-order valence-corrected chi connectivity index (χ2v) is 5.57. The lowest BCUT2D eigenvalue weighted by Gasteiger charge is -2.32. The van der Waals surface area contributed by atoms with Crippen molar-refractivity contribution in [2.45, 2.75) is 11.8 Å². The van der Waals surface area contributed by atoms with E-state index in [0.717, 1.165) is 0 Å². The summed E-state index contributed by atoms with van der Waals surface area (Å²) in [6, 6.07) is 6.33. The van der Waals surface area contributed by atoms with E-state index >= 15 is 0 Å². The molecular formula is C17H7F8NO. The molecule has 1 aromatic heterocycles. The van der Waals surface area contributed by atoms with Crippen LogP contribution in [-0.2, 0) is 5.60 Å². The average Bonchev–Trinajstić information content (AvgIpc) is 2.63. The van der Waals surface area contributed by atoms with Crippen molar-refractivity contribution in [3.05, 3.63) is 76.7 Å². The van der Waals surface area contributed by atoms with Crippen molar-refractivity contribution in [2.24, 2.45) is 0 Å². The Balaban J connectivity index is 2.42. The quantitative estimate of drug-likeness (QED) is 0.388. The molecule has 2 aromatic carbocycles. The van der Waals surface area contributed by atoms with E-state index in [1.165, 1.54) is 24.3 Å². The molecule has 0 aliphatic heterocycles. The van der Waals surface area contributed by atoms with Crippen LogP contribution >= 0.6 is 0 Å². The predicted molar refractivity (Wildman–Crippen MR) is 77.0 cm³/mol. The van der Waals surface area contributed by atoms with Gasteiger partial charge in [-0.1, -0.05) is 18.2 Å². The van der Waals surface area contributed by atoms with Crippen molar-refractivity contribution >= 4 is 10.9 Å². The Morgan fingerprint density at radius 2 is 1.30 bits per heavy atom. The fraction of sp³-hybridized carbons (Fsp3) is 0.118. The molecule has 0 aliphatic rings. The van der Waals surface area contributed by atoms with Crippen molar-refractivity contribution in [1.29, 1.82) is 0 Å². The highest BCUT2D eigenvalue weighted by atomic mass is 19.4. The number of hydrogen-bond donors (Lipinski definition) is 1. The maximum absolute atomic E-state index is 14.0. The normalized spacial score (nSPS) is 14.4. The Labute approximate surface area is 145 Å². The largest absolute Gasteiger partial charge is 0.426 e. The summed E-state index contributed by atoms with van der Waals surface area (Å²) in [5.41, 5.74) is -7.99. The number of benzene rings is 2. The Morgan fingerprint density at radius 3 is 1.85 bits per heavy atom. The molecule has 0 bridgehead atoms. The molecule has 0 saturated heterocycles. The molecule has 1 atom stereocenters. The highest BCUT2D eigenvalue weighted by molar-refractivity contribution is 5.79. The molecule has 0 spiro atoms.